The number of hydrogen-bond acceptors (Lipinski definition) is 2. The normalized spacial score (nSPS) is 9.00. The highest BCUT2D eigenvalue weighted by molar-refractivity contribution is 5.77. The van der Waals surface area contributed by atoms with E-state index in [2.05, 4.69) is 19.7 Å². The molecule has 0 aliphatic heterocycles. The molecule has 0 radical (unpaired) electrons. The van der Waals surface area contributed by atoms with Crippen LogP contribution >= 0.6 is 0 Å². The lowest BCUT2D eigenvalue weighted by Crippen LogP contribution is -2.23. The van der Waals surface area contributed by atoms with Crippen molar-refractivity contribution in [3.8, 4) is 0 Å². The molecule has 0 unspecified atom stereocenters. The fourth-order valence-electron chi connectivity index (χ4n) is 1.04. The van der Waals surface area contributed by atoms with Crippen LogP contribution in [0.4, 0.5) is 0 Å². The number of ketones is 1. The standard InChI is InChI=1S/C11H17NO/c1-5-7-12(8-6-2)10(3)9-11(4)13/h5-6H,1-3,7-9H2,4H3. The maximum Gasteiger partial charge on any atom is 0.135 e. The lowest BCUT2D eigenvalue weighted by Gasteiger charge is -2.23. The van der Waals surface area contributed by atoms with Crippen molar-refractivity contribution in [2.24, 2.45) is 0 Å². The van der Waals surface area contributed by atoms with Crippen molar-refractivity contribution in [2.75, 3.05) is 13.1 Å². The van der Waals surface area contributed by atoms with Crippen molar-refractivity contribution >= 4 is 5.78 Å². The Bertz CT molecular complexity index is 208. The molecular formula is C11H17NO. The monoisotopic (exact) mass is 179 g/mol. The summed E-state index contributed by atoms with van der Waals surface area (Å²) in [6.45, 7) is 14.1. The minimum atomic E-state index is 0.128. The molecule has 0 N–H and O–H groups in total. The number of hydrogen-bond donors (Lipinski definition) is 0. The molecule has 0 aromatic heterocycles. The van der Waals surface area contributed by atoms with Crippen molar-refractivity contribution in [1.82, 2.24) is 4.90 Å². The van der Waals surface area contributed by atoms with Gasteiger partial charge in [-0.05, 0) is 6.92 Å². The number of allylic oxidation sites excluding steroid dienone is 1. The Morgan fingerprint density at radius 2 is 1.77 bits per heavy atom. The molecule has 0 aliphatic rings. The smallest absolute Gasteiger partial charge is 0.135 e. The van der Waals surface area contributed by atoms with E-state index in [1.807, 2.05) is 4.90 Å². The van der Waals surface area contributed by atoms with Crippen molar-refractivity contribution in [2.45, 2.75) is 13.3 Å². The highest BCUT2D eigenvalue weighted by Gasteiger charge is 2.05. The third kappa shape index (κ3) is 5.01. The van der Waals surface area contributed by atoms with Gasteiger partial charge in [-0.15, -0.1) is 13.2 Å². The van der Waals surface area contributed by atoms with Gasteiger partial charge >= 0.3 is 0 Å². The maximum absolute atomic E-state index is 10.8. The van der Waals surface area contributed by atoms with Gasteiger partial charge < -0.3 is 4.90 Å². The Kier molecular flexibility index (Phi) is 5.60. The zero-order valence-corrected chi connectivity index (χ0v) is 8.25. The van der Waals surface area contributed by atoms with Crippen LogP contribution in [-0.4, -0.2) is 23.8 Å². The van der Waals surface area contributed by atoms with E-state index in [4.69, 9.17) is 0 Å². The van der Waals surface area contributed by atoms with Gasteiger partial charge in [0.05, 0.1) is 0 Å². The lowest BCUT2D eigenvalue weighted by molar-refractivity contribution is -0.116. The highest BCUT2D eigenvalue weighted by Crippen LogP contribution is 2.06. The van der Waals surface area contributed by atoms with Gasteiger partial charge in [0, 0.05) is 25.2 Å². The van der Waals surface area contributed by atoms with Crippen LogP contribution in [-0.2, 0) is 4.79 Å². The van der Waals surface area contributed by atoms with Crippen LogP contribution in [0.1, 0.15) is 13.3 Å². The molecule has 2 nitrogen and oxygen atoms in total. The summed E-state index contributed by atoms with van der Waals surface area (Å²) in [4.78, 5) is 12.8. The number of carbonyl (C=O) groups is 1. The highest BCUT2D eigenvalue weighted by atomic mass is 16.1. The first-order chi connectivity index (χ1) is 6.11. The lowest BCUT2D eigenvalue weighted by atomic mass is 10.2. The summed E-state index contributed by atoms with van der Waals surface area (Å²) in [5.74, 6) is 0.128. The van der Waals surface area contributed by atoms with Crippen molar-refractivity contribution in [3.05, 3.63) is 37.6 Å². The topological polar surface area (TPSA) is 20.3 Å². The molecule has 0 aliphatic carbocycles. The Morgan fingerprint density at radius 3 is 2.08 bits per heavy atom. The van der Waals surface area contributed by atoms with E-state index in [1.165, 1.54) is 0 Å². The van der Waals surface area contributed by atoms with Crippen LogP contribution in [0.5, 0.6) is 0 Å². The molecule has 0 rings (SSSR count). The Hall–Kier alpha value is -1.31. The second-order valence-electron chi connectivity index (χ2n) is 2.93. The Labute approximate surface area is 80.2 Å². The molecule has 0 fully saturated rings. The van der Waals surface area contributed by atoms with Gasteiger partial charge in [0.25, 0.3) is 0 Å². The third-order valence-electron chi connectivity index (χ3n) is 1.60. The van der Waals surface area contributed by atoms with Crippen LogP contribution in [0.25, 0.3) is 0 Å². The van der Waals surface area contributed by atoms with E-state index in [-0.39, 0.29) is 5.78 Å². The van der Waals surface area contributed by atoms with Gasteiger partial charge in [-0.1, -0.05) is 18.7 Å². The number of rotatable bonds is 7. The fourth-order valence-corrected chi connectivity index (χ4v) is 1.04. The molecule has 13 heavy (non-hydrogen) atoms. The average Bonchev–Trinajstić information content (AvgIpc) is 2.02. The quantitative estimate of drug-likeness (QED) is 0.558. The molecule has 0 saturated carbocycles. The minimum Gasteiger partial charge on any atom is -0.368 e. The van der Waals surface area contributed by atoms with Gasteiger partial charge in [0.1, 0.15) is 5.78 Å². The molecule has 0 bridgehead atoms. The summed E-state index contributed by atoms with van der Waals surface area (Å²) in [5, 5.41) is 0. The van der Waals surface area contributed by atoms with Crippen LogP contribution in [0, 0.1) is 0 Å². The molecule has 0 atom stereocenters. The van der Waals surface area contributed by atoms with E-state index in [0.717, 1.165) is 5.70 Å². The van der Waals surface area contributed by atoms with E-state index in [1.54, 1.807) is 19.1 Å². The summed E-state index contributed by atoms with van der Waals surface area (Å²) >= 11 is 0. The summed E-state index contributed by atoms with van der Waals surface area (Å²) < 4.78 is 0. The first-order valence-corrected chi connectivity index (χ1v) is 4.25. The molecule has 0 spiro atoms. The van der Waals surface area contributed by atoms with Gasteiger partial charge in [-0.25, -0.2) is 0 Å². The molecule has 0 saturated heterocycles. The van der Waals surface area contributed by atoms with E-state index >= 15 is 0 Å². The van der Waals surface area contributed by atoms with E-state index < -0.39 is 0 Å². The molecule has 0 aromatic carbocycles. The summed E-state index contributed by atoms with van der Waals surface area (Å²) in [6, 6.07) is 0. The van der Waals surface area contributed by atoms with Crippen LogP contribution in [0.2, 0.25) is 0 Å². The molecule has 2 heteroatoms. The average molecular weight is 179 g/mol. The zero-order valence-electron chi connectivity index (χ0n) is 8.25. The van der Waals surface area contributed by atoms with Crippen molar-refractivity contribution in [3.63, 3.8) is 0 Å². The molecular weight excluding hydrogens is 162 g/mol. The van der Waals surface area contributed by atoms with Crippen LogP contribution in [0.15, 0.2) is 37.6 Å². The van der Waals surface area contributed by atoms with Gasteiger partial charge in [0.2, 0.25) is 0 Å². The molecule has 72 valence electrons. The van der Waals surface area contributed by atoms with Gasteiger partial charge in [-0.2, -0.15) is 0 Å². The molecule has 0 amide bonds. The van der Waals surface area contributed by atoms with Crippen molar-refractivity contribution in [1.29, 1.82) is 0 Å². The zero-order chi connectivity index (χ0) is 10.3. The molecule has 0 heterocycles. The summed E-state index contributed by atoms with van der Waals surface area (Å²) in [6.07, 6.45) is 3.98. The van der Waals surface area contributed by atoms with E-state index in [0.29, 0.717) is 19.5 Å². The summed E-state index contributed by atoms with van der Waals surface area (Å²) in [5.41, 5.74) is 0.826. The number of carbonyl (C=O) groups excluding carboxylic acids is 1. The Balaban J connectivity index is 4.17. The number of Topliss-reactive ketones (excluding diaryl/α,β-unsaturated/α-hetero) is 1. The van der Waals surface area contributed by atoms with Crippen LogP contribution < -0.4 is 0 Å². The predicted molar refractivity (Wildman–Crippen MR) is 56.4 cm³/mol. The molecule has 0 aromatic rings. The van der Waals surface area contributed by atoms with Crippen molar-refractivity contribution < 1.29 is 4.79 Å². The minimum absolute atomic E-state index is 0.128. The first kappa shape index (κ1) is 11.7. The summed E-state index contributed by atoms with van der Waals surface area (Å²) in [7, 11) is 0. The van der Waals surface area contributed by atoms with Crippen LogP contribution in [0.3, 0.4) is 0 Å². The number of nitrogens with zero attached hydrogens (tertiary/aromatic N) is 1. The third-order valence-corrected chi connectivity index (χ3v) is 1.60. The van der Waals surface area contributed by atoms with Gasteiger partial charge in [-0.3, -0.25) is 4.79 Å². The Morgan fingerprint density at radius 1 is 1.31 bits per heavy atom. The SMILES string of the molecule is C=CCN(CC=C)C(=C)CC(C)=O. The second-order valence-corrected chi connectivity index (χ2v) is 2.93. The fraction of sp³-hybridized carbons (Fsp3) is 0.364. The predicted octanol–water partition coefficient (Wildman–Crippen LogP) is 2.15. The largest absolute Gasteiger partial charge is 0.368 e. The van der Waals surface area contributed by atoms with Gasteiger partial charge in [0.15, 0.2) is 0 Å². The van der Waals surface area contributed by atoms with E-state index in [9.17, 15) is 4.79 Å². The second kappa shape index (κ2) is 6.23. The maximum atomic E-state index is 10.8. The first-order valence-electron chi connectivity index (χ1n) is 4.25.